The van der Waals surface area contributed by atoms with Crippen molar-refractivity contribution in [3.63, 3.8) is 0 Å². The van der Waals surface area contributed by atoms with Crippen LogP contribution in [0.4, 0.5) is 0 Å². The minimum Gasteiger partial charge on any atom is -0.399 e. The van der Waals surface area contributed by atoms with E-state index < -0.39 is 7.12 Å². The van der Waals surface area contributed by atoms with Gasteiger partial charge in [-0.15, -0.1) is 12.6 Å². The van der Waals surface area contributed by atoms with Crippen molar-refractivity contribution in [2.24, 2.45) is 5.11 Å². The quantitative estimate of drug-likeness (QED) is 0.306. The Balaban J connectivity index is 2.41. The van der Waals surface area contributed by atoms with Crippen LogP contribution in [0, 0.1) is 6.92 Å². The number of rotatable bonds is 3. The molecule has 7 heteroatoms. The van der Waals surface area contributed by atoms with E-state index in [1.54, 1.807) is 0 Å². The van der Waals surface area contributed by atoms with Crippen molar-refractivity contribution in [2.75, 3.05) is 0 Å². The minimum absolute atomic E-state index is 0.295. The molecule has 112 valence electrons. The number of benzene rings is 1. The van der Waals surface area contributed by atoms with Gasteiger partial charge in [0.15, 0.2) is 0 Å². The molecule has 1 aromatic carbocycles. The highest BCUT2D eigenvalue weighted by atomic mass is 32.1. The zero-order chi connectivity index (χ0) is 15.8. The van der Waals surface area contributed by atoms with Gasteiger partial charge in [0.05, 0.1) is 17.7 Å². The van der Waals surface area contributed by atoms with Crippen molar-refractivity contribution in [1.29, 1.82) is 0 Å². The van der Waals surface area contributed by atoms with Gasteiger partial charge in [-0.2, -0.15) is 0 Å². The molecule has 0 unspecified atom stereocenters. The SMILES string of the molecule is Cc1c(CN=[N+]=[N-])cc(S)cc1B1OC(C)(C)C(C)(C)O1. The molecule has 0 radical (unpaired) electrons. The van der Waals surface area contributed by atoms with Crippen LogP contribution in [0.1, 0.15) is 38.8 Å². The lowest BCUT2D eigenvalue weighted by atomic mass is 9.75. The van der Waals surface area contributed by atoms with Crippen LogP contribution in [-0.2, 0) is 15.9 Å². The van der Waals surface area contributed by atoms with Crippen LogP contribution >= 0.6 is 12.6 Å². The van der Waals surface area contributed by atoms with E-state index in [4.69, 9.17) is 14.8 Å². The Morgan fingerprint density at radius 2 is 1.81 bits per heavy atom. The molecule has 0 aliphatic carbocycles. The summed E-state index contributed by atoms with van der Waals surface area (Å²) in [6.45, 7) is 10.4. The summed E-state index contributed by atoms with van der Waals surface area (Å²) >= 11 is 4.43. The highest BCUT2D eigenvalue weighted by Crippen LogP contribution is 2.37. The van der Waals surface area contributed by atoms with Gasteiger partial charge >= 0.3 is 7.12 Å². The summed E-state index contributed by atoms with van der Waals surface area (Å²) in [6, 6.07) is 3.85. The van der Waals surface area contributed by atoms with Gasteiger partial charge in [0.25, 0.3) is 0 Å². The van der Waals surface area contributed by atoms with Crippen LogP contribution in [0.2, 0.25) is 0 Å². The van der Waals surface area contributed by atoms with Crippen LogP contribution in [0.3, 0.4) is 0 Å². The first-order chi connectivity index (χ1) is 9.68. The average molecular weight is 305 g/mol. The molecule has 1 fully saturated rings. The van der Waals surface area contributed by atoms with Crippen molar-refractivity contribution in [2.45, 2.75) is 57.3 Å². The molecule has 1 heterocycles. The second-order valence-corrected chi connectivity index (χ2v) is 6.81. The summed E-state index contributed by atoms with van der Waals surface area (Å²) in [5, 5.41) is 3.63. The van der Waals surface area contributed by atoms with Gasteiger partial charge in [-0.25, -0.2) is 0 Å². The maximum Gasteiger partial charge on any atom is 0.495 e. The number of hydrogen-bond donors (Lipinski definition) is 1. The molecule has 0 atom stereocenters. The molecule has 0 saturated carbocycles. The van der Waals surface area contributed by atoms with E-state index in [-0.39, 0.29) is 11.2 Å². The molecule has 1 aromatic rings. The molecule has 0 amide bonds. The van der Waals surface area contributed by atoms with Crippen molar-refractivity contribution >= 4 is 25.2 Å². The third-order valence-electron chi connectivity index (χ3n) is 4.35. The topological polar surface area (TPSA) is 67.2 Å². The molecule has 0 N–H and O–H groups in total. The van der Waals surface area contributed by atoms with Gasteiger partial charge < -0.3 is 9.31 Å². The smallest absolute Gasteiger partial charge is 0.399 e. The second-order valence-electron chi connectivity index (χ2n) is 6.30. The predicted molar refractivity (Wildman–Crippen MR) is 87.0 cm³/mol. The summed E-state index contributed by atoms with van der Waals surface area (Å²) in [5.41, 5.74) is 10.6. The van der Waals surface area contributed by atoms with E-state index in [1.165, 1.54) is 0 Å². The first kappa shape index (κ1) is 16.2. The molecule has 1 saturated heterocycles. The Bertz CT molecular complexity index is 596. The standard InChI is InChI=1S/C14H20BN3O2S/c1-9-10(8-17-18-16)6-11(21)7-12(9)15-19-13(2,3)14(4,5)20-15/h6-7,21H,8H2,1-5H3. The summed E-state index contributed by atoms with van der Waals surface area (Å²) in [5.74, 6) is 0. The summed E-state index contributed by atoms with van der Waals surface area (Å²) in [7, 11) is -0.438. The van der Waals surface area contributed by atoms with Gasteiger partial charge in [-0.05, 0) is 68.9 Å². The molecular formula is C14H20BN3O2S. The van der Waals surface area contributed by atoms with E-state index >= 15 is 0 Å². The van der Waals surface area contributed by atoms with E-state index in [0.717, 1.165) is 21.5 Å². The van der Waals surface area contributed by atoms with Crippen molar-refractivity contribution in [3.8, 4) is 0 Å². The fraction of sp³-hybridized carbons (Fsp3) is 0.571. The van der Waals surface area contributed by atoms with E-state index in [0.29, 0.717) is 6.54 Å². The fourth-order valence-corrected chi connectivity index (χ4v) is 2.56. The van der Waals surface area contributed by atoms with Crippen LogP contribution in [-0.4, -0.2) is 18.3 Å². The lowest BCUT2D eigenvalue weighted by molar-refractivity contribution is 0.00578. The van der Waals surface area contributed by atoms with Gasteiger partial charge in [0.1, 0.15) is 0 Å². The van der Waals surface area contributed by atoms with Gasteiger partial charge in [0.2, 0.25) is 0 Å². The van der Waals surface area contributed by atoms with E-state index in [2.05, 4.69) is 22.7 Å². The second kappa shape index (κ2) is 5.57. The summed E-state index contributed by atoms with van der Waals surface area (Å²) in [6.07, 6.45) is 0. The van der Waals surface area contributed by atoms with Crippen LogP contribution in [0.25, 0.3) is 10.4 Å². The zero-order valence-electron chi connectivity index (χ0n) is 13.0. The Kier molecular flexibility index (Phi) is 4.31. The lowest BCUT2D eigenvalue weighted by Gasteiger charge is -2.32. The third-order valence-corrected chi connectivity index (χ3v) is 4.61. The summed E-state index contributed by atoms with van der Waals surface area (Å²) < 4.78 is 12.2. The Labute approximate surface area is 131 Å². The zero-order valence-corrected chi connectivity index (χ0v) is 13.9. The molecule has 0 spiro atoms. The Morgan fingerprint density at radius 3 is 2.33 bits per heavy atom. The predicted octanol–water partition coefficient (Wildman–Crippen LogP) is 3.39. The number of azide groups is 1. The van der Waals surface area contributed by atoms with Crippen LogP contribution < -0.4 is 5.46 Å². The van der Waals surface area contributed by atoms with Crippen molar-refractivity contribution in [3.05, 3.63) is 33.7 Å². The number of thiol groups is 1. The first-order valence-electron chi connectivity index (χ1n) is 6.87. The fourth-order valence-electron chi connectivity index (χ4n) is 2.27. The third kappa shape index (κ3) is 3.06. The van der Waals surface area contributed by atoms with E-state index in [9.17, 15) is 0 Å². The maximum absolute atomic E-state index is 8.50. The monoisotopic (exact) mass is 305 g/mol. The van der Waals surface area contributed by atoms with Crippen LogP contribution in [0.15, 0.2) is 22.1 Å². The lowest BCUT2D eigenvalue weighted by Crippen LogP contribution is -2.41. The molecule has 5 nitrogen and oxygen atoms in total. The highest BCUT2D eigenvalue weighted by Gasteiger charge is 2.52. The maximum atomic E-state index is 8.50. The van der Waals surface area contributed by atoms with E-state index in [1.807, 2.05) is 46.8 Å². The molecule has 1 aliphatic heterocycles. The molecular weight excluding hydrogens is 285 g/mol. The van der Waals surface area contributed by atoms with Gasteiger partial charge in [0, 0.05) is 9.81 Å². The molecule has 2 rings (SSSR count). The average Bonchev–Trinajstić information content (AvgIpc) is 2.59. The molecule has 1 aliphatic rings. The normalized spacial score (nSPS) is 19.4. The first-order valence-corrected chi connectivity index (χ1v) is 7.31. The van der Waals surface area contributed by atoms with Gasteiger partial charge in [-0.1, -0.05) is 5.11 Å². The minimum atomic E-state index is -0.438. The molecule has 0 aromatic heterocycles. The number of hydrogen-bond acceptors (Lipinski definition) is 4. The Hall–Kier alpha value is -1.14. The molecule has 21 heavy (non-hydrogen) atoms. The Morgan fingerprint density at radius 1 is 1.24 bits per heavy atom. The van der Waals surface area contributed by atoms with Gasteiger partial charge in [-0.3, -0.25) is 0 Å². The summed E-state index contributed by atoms with van der Waals surface area (Å²) in [4.78, 5) is 3.61. The molecule has 0 bridgehead atoms. The van der Waals surface area contributed by atoms with Crippen molar-refractivity contribution in [1.82, 2.24) is 0 Å². The van der Waals surface area contributed by atoms with Crippen LogP contribution in [0.5, 0.6) is 0 Å². The number of nitrogens with zero attached hydrogens (tertiary/aromatic N) is 3. The highest BCUT2D eigenvalue weighted by molar-refractivity contribution is 7.80. The van der Waals surface area contributed by atoms with Crippen molar-refractivity contribution < 1.29 is 9.31 Å². The largest absolute Gasteiger partial charge is 0.495 e.